The average molecular weight is 437 g/mol. The van der Waals surface area contributed by atoms with Crippen molar-refractivity contribution in [2.45, 2.75) is 39.8 Å². The number of amides is 2. The maximum atomic E-state index is 13.4. The van der Waals surface area contributed by atoms with Crippen LogP contribution in [0, 0.1) is 0 Å². The Morgan fingerprint density at radius 1 is 0.969 bits per heavy atom. The van der Waals surface area contributed by atoms with Gasteiger partial charge in [-0.3, -0.25) is 14.5 Å². The number of benzene rings is 2. The second-order valence-electron chi connectivity index (χ2n) is 8.07. The van der Waals surface area contributed by atoms with Gasteiger partial charge in [-0.15, -0.1) is 0 Å². The largest absolute Gasteiger partial charge is 0.491 e. The molecule has 0 N–H and O–H groups in total. The molecular weight excluding hydrogens is 404 g/mol. The number of carbonyl (C=O) groups excluding carboxylic acids is 2. The summed E-state index contributed by atoms with van der Waals surface area (Å²) in [6.45, 7) is 7.84. The van der Waals surface area contributed by atoms with Crippen LogP contribution in [-0.4, -0.2) is 54.5 Å². The van der Waals surface area contributed by atoms with Crippen LogP contribution in [-0.2, 0) is 20.9 Å². The van der Waals surface area contributed by atoms with Gasteiger partial charge in [0.15, 0.2) is 0 Å². The topological polar surface area (TPSA) is 59.1 Å². The van der Waals surface area contributed by atoms with Crippen LogP contribution >= 0.6 is 0 Å². The molecule has 0 spiro atoms. The lowest BCUT2D eigenvalue weighted by atomic mass is 10.0. The molecule has 1 aliphatic heterocycles. The number of rotatable bonds is 11. The quantitative estimate of drug-likeness (QED) is 0.392. The molecule has 2 aromatic carbocycles. The Morgan fingerprint density at radius 2 is 1.66 bits per heavy atom. The highest BCUT2D eigenvalue weighted by molar-refractivity contribution is 6.35. The standard InChI is InChI=1S/C26H32N2O4/c1-5-31-17-9-16-28-25(29)23(21-12-14-22(15-13-21)32-19(2)3)24(26(28)30)27(4)18-20-10-7-6-8-11-20/h6-8,10-15,19H,5,9,16-18H2,1-4H3. The van der Waals surface area contributed by atoms with Gasteiger partial charge in [0.1, 0.15) is 11.4 Å². The van der Waals surface area contributed by atoms with E-state index in [9.17, 15) is 9.59 Å². The van der Waals surface area contributed by atoms with Crippen molar-refractivity contribution in [1.29, 1.82) is 0 Å². The van der Waals surface area contributed by atoms with Crippen LogP contribution in [0.3, 0.4) is 0 Å². The summed E-state index contributed by atoms with van der Waals surface area (Å²) in [5.74, 6) is 0.204. The molecule has 0 radical (unpaired) electrons. The van der Waals surface area contributed by atoms with Gasteiger partial charge in [0, 0.05) is 33.4 Å². The Morgan fingerprint density at radius 3 is 2.28 bits per heavy atom. The highest BCUT2D eigenvalue weighted by atomic mass is 16.5. The van der Waals surface area contributed by atoms with E-state index in [1.54, 1.807) is 0 Å². The zero-order valence-electron chi connectivity index (χ0n) is 19.3. The number of carbonyl (C=O) groups is 2. The second kappa shape index (κ2) is 11.0. The van der Waals surface area contributed by atoms with E-state index in [2.05, 4.69) is 0 Å². The summed E-state index contributed by atoms with van der Waals surface area (Å²) in [6, 6.07) is 17.3. The molecule has 0 unspecified atom stereocenters. The Hall–Kier alpha value is -3.12. The summed E-state index contributed by atoms with van der Waals surface area (Å²) in [6.07, 6.45) is 0.665. The van der Waals surface area contributed by atoms with Crippen molar-refractivity contribution in [2.75, 3.05) is 26.8 Å². The van der Waals surface area contributed by atoms with Crippen LogP contribution in [0.4, 0.5) is 0 Å². The predicted molar refractivity (Wildman–Crippen MR) is 125 cm³/mol. The van der Waals surface area contributed by atoms with Crippen molar-refractivity contribution < 1.29 is 19.1 Å². The van der Waals surface area contributed by atoms with E-state index in [0.717, 1.165) is 11.3 Å². The predicted octanol–water partition coefficient (Wildman–Crippen LogP) is 4.11. The maximum Gasteiger partial charge on any atom is 0.277 e. The van der Waals surface area contributed by atoms with Gasteiger partial charge in [-0.25, -0.2) is 0 Å². The fraction of sp³-hybridized carbons (Fsp3) is 0.385. The minimum absolute atomic E-state index is 0.0585. The van der Waals surface area contributed by atoms with Crippen LogP contribution < -0.4 is 4.74 Å². The van der Waals surface area contributed by atoms with Crippen molar-refractivity contribution >= 4 is 17.4 Å². The Kier molecular flexibility index (Phi) is 8.06. The lowest BCUT2D eigenvalue weighted by Crippen LogP contribution is -2.35. The normalized spacial score (nSPS) is 14.0. The van der Waals surface area contributed by atoms with Crippen LogP contribution in [0.25, 0.3) is 5.57 Å². The molecule has 170 valence electrons. The number of nitrogens with zero attached hydrogens (tertiary/aromatic N) is 2. The summed E-state index contributed by atoms with van der Waals surface area (Å²) >= 11 is 0. The fourth-order valence-corrected chi connectivity index (χ4v) is 3.76. The second-order valence-corrected chi connectivity index (χ2v) is 8.07. The molecule has 2 aromatic rings. The summed E-state index contributed by atoms with van der Waals surface area (Å²) in [5, 5.41) is 0. The van der Waals surface area contributed by atoms with E-state index in [-0.39, 0.29) is 17.9 Å². The van der Waals surface area contributed by atoms with Gasteiger partial charge in [-0.2, -0.15) is 0 Å². The number of likely N-dealkylation sites (N-methyl/N-ethyl adjacent to an activating group) is 1. The first kappa shape index (κ1) is 23.5. The third-order valence-electron chi connectivity index (χ3n) is 5.18. The monoisotopic (exact) mass is 436 g/mol. The highest BCUT2D eigenvalue weighted by Gasteiger charge is 2.40. The zero-order valence-corrected chi connectivity index (χ0v) is 19.3. The van der Waals surface area contributed by atoms with E-state index in [1.165, 1.54) is 4.90 Å². The summed E-state index contributed by atoms with van der Waals surface area (Å²) in [4.78, 5) is 29.9. The van der Waals surface area contributed by atoms with Gasteiger partial charge in [-0.1, -0.05) is 42.5 Å². The van der Waals surface area contributed by atoms with Gasteiger partial charge in [0.25, 0.3) is 11.8 Å². The molecule has 0 atom stereocenters. The van der Waals surface area contributed by atoms with Gasteiger partial charge in [0.2, 0.25) is 0 Å². The molecule has 2 amide bonds. The highest BCUT2D eigenvalue weighted by Crippen LogP contribution is 2.32. The SMILES string of the molecule is CCOCCCN1C(=O)C(c2ccc(OC(C)C)cc2)=C(N(C)Cc2ccccc2)C1=O. The van der Waals surface area contributed by atoms with Gasteiger partial charge < -0.3 is 14.4 Å². The molecule has 0 bridgehead atoms. The minimum Gasteiger partial charge on any atom is -0.491 e. The molecule has 1 aliphatic rings. The molecule has 0 aliphatic carbocycles. The van der Waals surface area contributed by atoms with Crippen molar-refractivity contribution in [3.05, 3.63) is 71.4 Å². The smallest absolute Gasteiger partial charge is 0.277 e. The van der Waals surface area contributed by atoms with E-state index < -0.39 is 0 Å². The molecule has 0 saturated carbocycles. The summed E-state index contributed by atoms with van der Waals surface area (Å²) in [5.41, 5.74) is 2.63. The fourth-order valence-electron chi connectivity index (χ4n) is 3.76. The molecule has 0 saturated heterocycles. The van der Waals surface area contributed by atoms with Crippen LogP contribution in [0.2, 0.25) is 0 Å². The molecule has 6 heteroatoms. The first-order valence-corrected chi connectivity index (χ1v) is 11.1. The summed E-state index contributed by atoms with van der Waals surface area (Å²) < 4.78 is 11.1. The van der Waals surface area contributed by atoms with Gasteiger partial charge >= 0.3 is 0 Å². The van der Waals surface area contributed by atoms with Crippen LogP contribution in [0.5, 0.6) is 5.75 Å². The molecule has 6 nitrogen and oxygen atoms in total. The lowest BCUT2D eigenvalue weighted by molar-refractivity contribution is -0.137. The maximum absolute atomic E-state index is 13.4. The molecular formula is C26H32N2O4. The Bertz CT molecular complexity index is 952. The van der Waals surface area contributed by atoms with Crippen molar-refractivity contribution in [3.8, 4) is 5.75 Å². The molecule has 32 heavy (non-hydrogen) atoms. The third-order valence-corrected chi connectivity index (χ3v) is 5.18. The molecule has 0 aromatic heterocycles. The summed E-state index contributed by atoms with van der Waals surface area (Å²) in [7, 11) is 1.85. The van der Waals surface area contributed by atoms with Crippen LogP contribution in [0.15, 0.2) is 60.3 Å². The van der Waals surface area contributed by atoms with Gasteiger partial charge in [0.05, 0.1) is 11.7 Å². The molecule has 0 fully saturated rings. The Balaban J connectivity index is 1.91. The zero-order chi connectivity index (χ0) is 23.1. The number of ether oxygens (including phenoxy) is 2. The van der Waals surface area contributed by atoms with Crippen molar-refractivity contribution in [1.82, 2.24) is 9.80 Å². The van der Waals surface area contributed by atoms with Crippen LogP contribution in [0.1, 0.15) is 38.3 Å². The minimum atomic E-state index is -0.265. The van der Waals surface area contributed by atoms with E-state index >= 15 is 0 Å². The van der Waals surface area contributed by atoms with E-state index in [0.29, 0.717) is 49.6 Å². The third kappa shape index (κ3) is 5.56. The Labute approximate surface area is 190 Å². The van der Waals surface area contributed by atoms with E-state index in [1.807, 2.05) is 87.3 Å². The number of hydrogen-bond acceptors (Lipinski definition) is 5. The lowest BCUT2D eigenvalue weighted by Gasteiger charge is -2.21. The number of hydrogen-bond donors (Lipinski definition) is 0. The number of imide groups is 1. The van der Waals surface area contributed by atoms with Gasteiger partial charge in [-0.05, 0) is 50.5 Å². The van der Waals surface area contributed by atoms with E-state index in [4.69, 9.17) is 9.47 Å². The first-order chi connectivity index (χ1) is 15.4. The van der Waals surface area contributed by atoms with Crippen molar-refractivity contribution in [2.24, 2.45) is 0 Å². The van der Waals surface area contributed by atoms with Crippen molar-refractivity contribution in [3.63, 3.8) is 0 Å². The molecule has 3 rings (SSSR count). The first-order valence-electron chi connectivity index (χ1n) is 11.1. The molecule has 1 heterocycles. The average Bonchev–Trinajstić information content (AvgIpc) is 3.02.